The molecule has 1 aromatic rings. The van der Waals surface area contributed by atoms with Gasteiger partial charge in [-0.2, -0.15) is 13.2 Å². The van der Waals surface area contributed by atoms with Gasteiger partial charge in [-0.05, 0) is 37.0 Å². The van der Waals surface area contributed by atoms with Crippen molar-refractivity contribution in [1.29, 1.82) is 0 Å². The van der Waals surface area contributed by atoms with Crippen molar-refractivity contribution >= 4 is 0 Å². The largest absolute Gasteiger partial charge is 0.481 e. The number of hydrogen-bond acceptors (Lipinski definition) is 1. The van der Waals surface area contributed by atoms with E-state index in [-0.39, 0.29) is 5.75 Å². The number of ether oxygens (including phenoxy) is 1. The van der Waals surface area contributed by atoms with E-state index in [2.05, 4.69) is 13.8 Å². The van der Waals surface area contributed by atoms with Gasteiger partial charge in [0.2, 0.25) is 0 Å². The van der Waals surface area contributed by atoms with Gasteiger partial charge < -0.3 is 4.74 Å². The summed E-state index contributed by atoms with van der Waals surface area (Å²) in [5.74, 6) is 0.658. The van der Waals surface area contributed by atoms with Gasteiger partial charge in [-0.15, -0.1) is 0 Å². The first kappa shape index (κ1) is 13.9. The summed E-state index contributed by atoms with van der Waals surface area (Å²) in [6.45, 7) is 5.15. The topological polar surface area (TPSA) is 9.23 Å². The van der Waals surface area contributed by atoms with E-state index in [0.29, 0.717) is 5.92 Å². The Morgan fingerprint density at radius 2 is 1.65 bits per heavy atom. The van der Waals surface area contributed by atoms with Crippen molar-refractivity contribution in [2.45, 2.75) is 45.4 Å². The summed E-state index contributed by atoms with van der Waals surface area (Å²) in [6, 6.07) is 6.80. The summed E-state index contributed by atoms with van der Waals surface area (Å²) < 4.78 is 41.6. The molecule has 1 nitrogen and oxygen atoms in total. The molecule has 2 unspecified atom stereocenters. The maximum Gasteiger partial charge on any atom is 0.425 e. The number of halogens is 3. The van der Waals surface area contributed by atoms with Crippen molar-refractivity contribution in [2.24, 2.45) is 0 Å². The van der Waals surface area contributed by atoms with Gasteiger partial charge in [-0.25, -0.2) is 0 Å². The van der Waals surface area contributed by atoms with Crippen LogP contribution in [0.1, 0.15) is 38.7 Å². The van der Waals surface area contributed by atoms with Gasteiger partial charge >= 0.3 is 6.18 Å². The van der Waals surface area contributed by atoms with Crippen molar-refractivity contribution in [3.8, 4) is 5.75 Å². The van der Waals surface area contributed by atoms with Crippen LogP contribution in [0.2, 0.25) is 0 Å². The molecule has 0 saturated heterocycles. The summed E-state index contributed by atoms with van der Waals surface area (Å²) in [4.78, 5) is 0. The minimum absolute atomic E-state index is 0.252. The van der Waals surface area contributed by atoms with Gasteiger partial charge in [0.05, 0.1) is 0 Å². The third-order valence-electron chi connectivity index (χ3n) is 2.84. The molecule has 1 aromatic carbocycles. The lowest BCUT2D eigenvalue weighted by molar-refractivity contribution is -0.189. The zero-order valence-electron chi connectivity index (χ0n) is 10.2. The standard InChI is InChI=1S/C13H17F3O/c1-4-9(2)11-5-7-12(8-6-11)17-10(3)13(14,15)16/h5-10H,4H2,1-3H3. The highest BCUT2D eigenvalue weighted by molar-refractivity contribution is 5.29. The maximum absolute atomic E-state index is 12.3. The molecule has 0 spiro atoms. The van der Waals surface area contributed by atoms with Crippen LogP contribution in [0.4, 0.5) is 13.2 Å². The molecule has 0 saturated carbocycles. The molecule has 0 radical (unpaired) electrons. The van der Waals surface area contributed by atoms with Gasteiger partial charge in [-0.3, -0.25) is 0 Å². The van der Waals surface area contributed by atoms with Crippen LogP contribution < -0.4 is 4.74 Å². The lowest BCUT2D eigenvalue weighted by Gasteiger charge is -2.18. The average Bonchev–Trinajstić information content (AvgIpc) is 2.27. The Labute approximate surface area is 99.6 Å². The van der Waals surface area contributed by atoms with Crippen molar-refractivity contribution < 1.29 is 17.9 Å². The predicted molar refractivity (Wildman–Crippen MR) is 61.3 cm³/mol. The fourth-order valence-corrected chi connectivity index (χ4v) is 1.38. The minimum Gasteiger partial charge on any atom is -0.481 e. The van der Waals surface area contributed by atoms with E-state index in [9.17, 15) is 13.2 Å². The molecule has 2 atom stereocenters. The highest BCUT2D eigenvalue weighted by Gasteiger charge is 2.37. The first-order valence-corrected chi connectivity index (χ1v) is 5.68. The Bertz CT molecular complexity index is 343. The Kier molecular flexibility index (Phi) is 4.43. The lowest BCUT2D eigenvalue weighted by Crippen LogP contribution is -2.31. The highest BCUT2D eigenvalue weighted by Crippen LogP contribution is 2.26. The molecule has 17 heavy (non-hydrogen) atoms. The normalized spacial score (nSPS) is 15.4. The van der Waals surface area contributed by atoms with Crippen molar-refractivity contribution in [3.05, 3.63) is 29.8 Å². The van der Waals surface area contributed by atoms with Crippen LogP contribution in [0.15, 0.2) is 24.3 Å². The first-order valence-electron chi connectivity index (χ1n) is 5.68. The van der Waals surface area contributed by atoms with Crippen LogP contribution in [-0.4, -0.2) is 12.3 Å². The van der Waals surface area contributed by atoms with E-state index in [4.69, 9.17) is 4.74 Å². The second-order valence-corrected chi connectivity index (χ2v) is 4.18. The van der Waals surface area contributed by atoms with Crippen LogP contribution in [0.25, 0.3) is 0 Å². The van der Waals surface area contributed by atoms with Crippen LogP contribution >= 0.6 is 0 Å². The first-order chi connectivity index (χ1) is 7.84. The molecule has 0 aliphatic rings. The molecule has 1 rings (SSSR count). The second kappa shape index (κ2) is 5.43. The van der Waals surface area contributed by atoms with E-state index < -0.39 is 12.3 Å². The monoisotopic (exact) mass is 246 g/mol. The summed E-state index contributed by atoms with van der Waals surface area (Å²) in [6.07, 6.45) is -5.11. The molecule has 4 heteroatoms. The van der Waals surface area contributed by atoms with Crippen molar-refractivity contribution in [1.82, 2.24) is 0 Å². The van der Waals surface area contributed by atoms with Crippen LogP contribution in [0.3, 0.4) is 0 Å². The van der Waals surface area contributed by atoms with E-state index in [0.717, 1.165) is 18.9 Å². The molecule has 0 aromatic heterocycles. The Morgan fingerprint density at radius 3 is 2.06 bits per heavy atom. The number of benzene rings is 1. The molecule has 0 amide bonds. The zero-order valence-corrected chi connectivity index (χ0v) is 10.2. The summed E-state index contributed by atoms with van der Waals surface area (Å²) in [5, 5.41) is 0. The predicted octanol–water partition coefficient (Wildman–Crippen LogP) is 4.53. The van der Waals surface area contributed by atoms with E-state index in [1.807, 2.05) is 12.1 Å². The summed E-state index contributed by atoms with van der Waals surface area (Å²) >= 11 is 0. The fourth-order valence-electron chi connectivity index (χ4n) is 1.38. The molecular weight excluding hydrogens is 229 g/mol. The van der Waals surface area contributed by atoms with E-state index >= 15 is 0 Å². The third kappa shape index (κ3) is 3.95. The molecular formula is C13H17F3O. The number of alkyl halides is 3. The Balaban J connectivity index is 2.69. The SMILES string of the molecule is CCC(C)c1ccc(OC(C)C(F)(F)F)cc1. The molecule has 0 aliphatic heterocycles. The number of rotatable bonds is 4. The maximum atomic E-state index is 12.3. The highest BCUT2D eigenvalue weighted by atomic mass is 19.4. The Hall–Kier alpha value is -1.19. The smallest absolute Gasteiger partial charge is 0.425 e. The summed E-state index contributed by atoms with van der Waals surface area (Å²) in [7, 11) is 0. The molecule has 0 fully saturated rings. The van der Waals surface area contributed by atoms with Crippen LogP contribution in [-0.2, 0) is 0 Å². The van der Waals surface area contributed by atoms with Gasteiger partial charge in [-0.1, -0.05) is 26.0 Å². The molecule has 0 aliphatic carbocycles. The molecule has 0 N–H and O–H groups in total. The van der Waals surface area contributed by atoms with Gasteiger partial charge in [0.25, 0.3) is 0 Å². The lowest BCUT2D eigenvalue weighted by atomic mass is 9.99. The van der Waals surface area contributed by atoms with Crippen LogP contribution in [0.5, 0.6) is 5.75 Å². The van der Waals surface area contributed by atoms with E-state index in [1.54, 1.807) is 12.1 Å². The van der Waals surface area contributed by atoms with Gasteiger partial charge in [0.1, 0.15) is 5.75 Å². The number of hydrogen-bond donors (Lipinski definition) is 0. The second-order valence-electron chi connectivity index (χ2n) is 4.18. The fraction of sp³-hybridized carbons (Fsp3) is 0.538. The van der Waals surface area contributed by atoms with Crippen molar-refractivity contribution in [3.63, 3.8) is 0 Å². The van der Waals surface area contributed by atoms with Crippen LogP contribution in [0, 0.1) is 0 Å². The molecule has 0 bridgehead atoms. The minimum atomic E-state index is -4.32. The molecule has 96 valence electrons. The average molecular weight is 246 g/mol. The van der Waals surface area contributed by atoms with E-state index in [1.165, 1.54) is 0 Å². The molecule has 0 heterocycles. The van der Waals surface area contributed by atoms with Gasteiger partial charge in [0, 0.05) is 0 Å². The third-order valence-corrected chi connectivity index (χ3v) is 2.84. The Morgan fingerprint density at radius 1 is 1.12 bits per heavy atom. The van der Waals surface area contributed by atoms with Crippen molar-refractivity contribution in [2.75, 3.05) is 0 Å². The zero-order chi connectivity index (χ0) is 13.1. The summed E-state index contributed by atoms with van der Waals surface area (Å²) in [5.41, 5.74) is 1.11. The van der Waals surface area contributed by atoms with Gasteiger partial charge in [0.15, 0.2) is 6.10 Å². The quantitative estimate of drug-likeness (QED) is 0.758.